The lowest BCUT2D eigenvalue weighted by Crippen LogP contribution is -2.04. The molecule has 62 valence electrons. The highest BCUT2D eigenvalue weighted by atomic mass is 16.5. The summed E-state index contributed by atoms with van der Waals surface area (Å²) >= 11 is 0. The molecule has 0 saturated heterocycles. The van der Waals surface area contributed by atoms with Crippen LogP contribution >= 0.6 is 0 Å². The topological polar surface area (TPSA) is 97.7 Å². The summed E-state index contributed by atoms with van der Waals surface area (Å²) in [6.45, 7) is 0. The summed E-state index contributed by atoms with van der Waals surface area (Å²) < 4.78 is 4.73. The maximum Gasteiger partial charge on any atom is 0.321 e. The molecule has 0 saturated carbocycles. The first-order valence-electron chi connectivity index (χ1n) is 3.17. The molecule has 0 aliphatic heterocycles. The minimum atomic E-state index is 0.0621. The normalized spacial score (nSPS) is 9.00. The third kappa shape index (κ3) is 1.79. The number of nitriles is 1. The lowest BCUT2D eigenvalue weighted by Gasteiger charge is -1.99. The summed E-state index contributed by atoms with van der Waals surface area (Å²) in [5, 5.41) is 8.34. The zero-order valence-electron chi connectivity index (χ0n) is 6.48. The largest absolute Gasteiger partial charge is 0.467 e. The van der Waals surface area contributed by atoms with Crippen LogP contribution in [-0.4, -0.2) is 22.1 Å². The molecule has 0 atom stereocenters. The Morgan fingerprint density at radius 1 is 1.50 bits per heavy atom. The van der Waals surface area contributed by atoms with Crippen LogP contribution in [0, 0.1) is 11.3 Å². The van der Waals surface area contributed by atoms with Gasteiger partial charge in [0.05, 0.1) is 19.6 Å². The van der Waals surface area contributed by atoms with E-state index in [1.807, 2.05) is 6.07 Å². The molecule has 0 aliphatic carbocycles. The molecule has 0 aliphatic rings. The standard InChI is InChI=1S/C6H7N5O/c1-12-6-10-4(2-3-7)9-5(8)11-6/h2H2,1H3,(H2,8,9,10,11). The molecule has 0 bridgehead atoms. The van der Waals surface area contributed by atoms with Crippen LogP contribution in [0.5, 0.6) is 6.01 Å². The van der Waals surface area contributed by atoms with Crippen LogP contribution in [0.1, 0.15) is 5.82 Å². The van der Waals surface area contributed by atoms with Crippen molar-refractivity contribution >= 4 is 5.95 Å². The fourth-order valence-electron chi connectivity index (χ4n) is 0.657. The van der Waals surface area contributed by atoms with E-state index >= 15 is 0 Å². The molecule has 1 aromatic heterocycles. The highest BCUT2D eigenvalue weighted by molar-refractivity contribution is 5.19. The molecule has 1 heterocycles. The number of nitrogen functional groups attached to an aromatic ring is 1. The molecule has 0 amide bonds. The molecule has 0 fully saturated rings. The lowest BCUT2D eigenvalue weighted by molar-refractivity contribution is 0.377. The van der Waals surface area contributed by atoms with Gasteiger partial charge >= 0.3 is 6.01 Å². The lowest BCUT2D eigenvalue weighted by atomic mass is 10.4. The maximum absolute atomic E-state index is 8.34. The van der Waals surface area contributed by atoms with E-state index in [0.717, 1.165) is 0 Å². The highest BCUT2D eigenvalue weighted by Gasteiger charge is 2.02. The van der Waals surface area contributed by atoms with Gasteiger partial charge in [0.1, 0.15) is 0 Å². The van der Waals surface area contributed by atoms with Gasteiger partial charge in [-0.05, 0) is 0 Å². The van der Waals surface area contributed by atoms with Crippen molar-refractivity contribution in [2.45, 2.75) is 6.42 Å². The van der Waals surface area contributed by atoms with Gasteiger partial charge < -0.3 is 10.5 Å². The first-order chi connectivity index (χ1) is 5.76. The fraction of sp³-hybridized carbons (Fsp3) is 0.333. The molecule has 0 radical (unpaired) electrons. The summed E-state index contributed by atoms with van der Waals surface area (Å²) in [6.07, 6.45) is 0.100. The van der Waals surface area contributed by atoms with Crippen molar-refractivity contribution in [2.24, 2.45) is 0 Å². The van der Waals surface area contributed by atoms with Gasteiger partial charge in [-0.25, -0.2) is 0 Å². The number of methoxy groups -OCH3 is 1. The first-order valence-corrected chi connectivity index (χ1v) is 3.17. The van der Waals surface area contributed by atoms with E-state index in [4.69, 9.17) is 15.7 Å². The van der Waals surface area contributed by atoms with Crippen LogP contribution in [0.25, 0.3) is 0 Å². The Morgan fingerprint density at radius 2 is 2.25 bits per heavy atom. The SMILES string of the molecule is COc1nc(N)nc(CC#N)n1. The maximum atomic E-state index is 8.34. The second kappa shape index (κ2) is 3.48. The summed E-state index contributed by atoms with van der Waals surface area (Å²) in [5.74, 6) is 0.383. The molecule has 0 spiro atoms. The third-order valence-corrected chi connectivity index (χ3v) is 1.10. The van der Waals surface area contributed by atoms with Crippen molar-refractivity contribution in [1.82, 2.24) is 15.0 Å². The van der Waals surface area contributed by atoms with Crippen LogP contribution in [0.4, 0.5) is 5.95 Å². The second-order valence-corrected chi connectivity index (χ2v) is 1.93. The Bertz CT molecular complexity index is 318. The minimum Gasteiger partial charge on any atom is -0.467 e. The van der Waals surface area contributed by atoms with Crippen LogP contribution in [0.3, 0.4) is 0 Å². The van der Waals surface area contributed by atoms with Crippen molar-refractivity contribution in [3.8, 4) is 12.1 Å². The Labute approximate surface area is 69.0 Å². The number of nitrogens with two attached hydrogens (primary N) is 1. The minimum absolute atomic E-state index is 0.0621. The van der Waals surface area contributed by atoms with E-state index in [-0.39, 0.29) is 18.4 Å². The van der Waals surface area contributed by atoms with Gasteiger partial charge in [-0.15, -0.1) is 0 Å². The number of nitrogens with zero attached hydrogens (tertiary/aromatic N) is 4. The number of aromatic nitrogens is 3. The predicted molar refractivity (Wildman–Crippen MR) is 40.1 cm³/mol. The number of rotatable bonds is 2. The predicted octanol–water partition coefficient (Wildman–Crippen LogP) is -0.472. The Balaban J connectivity index is 2.99. The molecular formula is C6H7N5O. The average Bonchev–Trinajstić information content (AvgIpc) is 2.04. The summed E-state index contributed by atoms with van der Waals surface area (Å²) in [6, 6.07) is 2.03. The van der Waals surface area contributed by atoms with Crippen molar-refractivity contribution in [2.75, 3.05) is 12.8 Å². The van der Waals surface area contributed by atoms with Crippen molar-refractivity contribution in [3.05, 3.63) is 5.82 Å². The molecule has 6 heteroatoms. The van der Waals surface area contributed by atoms with E-state index in [9.17, 15) is 0 Å². The summed E-state index contributed by atoms with van der Waals surface area (Å²) in [5.41, 5.74) is 5.31. The van der Waals surface area contributed by atoms with E-state index < -0.39 is 0 Å². The van der Waals surface area contributed by atoms with Gasteiger partial charge in [0, 0.05) is 0 Å². The monoisotopic (exact) mass is 165 g/mol. The average molecular weight is 165 g/mol. The Hall–Kier alpha value is -1.90. The van der Waals surface area contributed by atoms with Crippen molar-refractivity contribution < 1.29 is 4.74 Å². The second-order valence-electron chi connectivity index (χ2n) is 1.93. The van der Waals surface area contributed by atoms with Crippen LogP contribution < -0.4 is 10.5 Å². The van der Waals surface area contributed by atoms with Crippen molar-refractivity contribution in [3.63, 3.8) is 0 Å². The van der Waals surface area contributed by atoms with Crippen LogP contribution in [0.2, 0.25) is 0 Å². The molecule has 0 unspecified atom stereocenters. The molecular weight excluding hydrogens is 158 g/mol. The van der Waals surface area contributed by atoms with Gasteiger partial charge in [-0.2, -0.15) is 20.2 Å². The van der Waals surface area contributed by atoms with E-state index in [1.54, 1.807) is 0 Å². The van der Waals surface area contributed by atoms with Crippen LogP contribution in [-0.2, 0) is 6.42 Å². The third-order valence-electron chi connectivity index (χ3n) is 1.10. The molecule has 12 heavy (non-hydrogen) atoms. The quantitative estimate of drug-likeness (QED) is 0.636. The van der Waals surface area contributed by atoms with Gasteiger partial charge in [-0.1, -0.05) is 0 Å². The molecule has 1 aromatic rings. The Kier molecular flexibility index (Phi) is 2.38. The number of ether oxygens (including phenoxy) is 1. The molecule has 0 aromatic carbocycles. The zero-order valence-corrected chi connectivity index (χ0v) is 6.48. The summed E-state index contributed by atoms with van der Waals surface area (Å²) in [7, 11) is 1.42. The fourth-order valence-corrected chi connectivity index (χ4v) is 0.657. The van der Waals surface area contributed by atoms with Gasteiger partial charge in [-0.3, -0.25) is 0 Å². The highest BCUT2D eigenvalue weighted by Crippen LogP contribution is 2.03. The smallest absolute Gasteiger partial charge is 0.321 e. The number of hydrogen-bond acceptors (Lipinski definition) is 6. The van der Waals surface area contributed by atoms with Crippen LogP contribution in [0.15, 0.2) is 0 Å². The van der Waals surface area contributed by atoms with Gasteiger partial charge in [0.2, 0.25) is 5.95 Å². The van der Waals surface area contributed by atoms with Gasteiger partial charge in [0.15, 0.2) is 5.82 Å². The summed E-state index contributed by atoms with van der Waals surface area (Å²) in [4.78, 5) is 11.2. The molecule has 1 rings (SSSR count). The van der Waals surface area contributed by atoms with E-state index in [2.05, 4.69) is 15.0 Å². The Morgan fingerprint density at radius 3 is 2.83 bits per heavy atom. The number of anilines is 1. The van der Waals surface area contributed by atoms with Crippen molar-refractivity contribution in [1.29, 1.82) is 5.26 Å². The molecule has 2 N–H and O–H groups in total. The number of hydrogen-bond donors (Lipinski definition) is 1. The molecule has 6 nitrogen and oxygen atoms in total. The van der Waals surface area contributed by atoms with Gasteiger partial charge in [0.25, 0.3) is 0 Å². The van der Waals surface area contributed by atoms with E-state index in [0.29, 0.717) is 5.82 Å². The van der Waals surface area contributed by atoms with E-state index in [1.165, 1.54) is 7.11 Å². The zero-order chi connectivity index (χ0) is 8.97. The first kappa shape index (κ1) is 8.20.